The van der Waals surface area contributed by atoms with Gasteiger partial charge >= 0.3 is 6.36 Å². The van der Waals surface area contributed by atoms with Crippen LogP contribution >= 0.6 is 0 Å². The number of sulfone groups is 1. The minimum Gasteiger partial charge on any atom is -0.406 e. The smallest absolute Gasteiger partial charge is 0.406 e. The van der Waals surface area contributed by atoms with Crippen molar-refractivity contribution in [2.24, 2.45) is 5.73 Å². The third-order valence-corrected chi connectivity index (χ3v) is 5.73. The first-order valence-electron chi connectivity index (χ1n) is 8.35. The van der Waals surface area contributed by atoms with Gasteiger partial charge in [-0.25, -0.2) is 8.42 Å². The van der Waals surface area contributed by atoms with Crippen molar-refractivity contribution in [3.8, 4) is 5.75 Å². The van der Waals surface area contributed by atoms with Crippen LogP contribution in [0.15, 0.2) is 52.0 Å². The molecule has 0 spiro atoms. The van der Waals surface area contributed by atoms with Crippen LogP contribution < -0.4 is 15.8 Å². The second-order valence-corrected chi connectivity index (χ2v) is 8.47. The Morgan fingerprint density at radius 2 is 1.89 bits per heavy atom. The lowest BCUT2D eigenvalue weighted by atomic mass is 10.3. The number of nitrogens with two attached hydrogens (primary N) is 1. The molecule has 152 valence electrons. The summed E-state index contributed by atoms with van der Waals surface area (Å²) in [5.41, 5.74) is 6.06. The Bertz CT molecular complexity index is 920. The van der Waals surface area contributed by atoms with Crippen molar-refractivity contribution in [2.75, 3.05) is 13.1 Å². The number of hydrogen-bond acceptors (Lipinski definition) is 6. The Hall–Kier alpha value is -2.69. The Morgan fingerprint density at radius 3 is 2.46 bits per heavy atom. The van der Waals surface area contributed by atoms with E-state index in [9.17, 15) is 26.4 Å². The summed E-state index contributed by atoms with van der Waals surface area (Å²) in [5.74, 6) is -0.767. The Labute approximate surface area is 159 Å². The van der Waals surface area contributed by atoms with E-state index in [1.165, 1.54) is 17.2 Å². The highest BCUT2D eigenvalue weighted by Crippen LogP contribution is 2.28. The molecule has 3 N–H and O–H groups in total. The van der Waals surface area contributed by atoms with Gasteiger partial charge in [-0.3, -0.25) is 4.79 Å². The number of amides is 1. The van der Waals surface area contributed by atoms with E-state index in [1.807, 2.05) is 0 Å². The number of halogens is 3. The Balaban J connectivity index is 1.77. The first-order valence-corrected chi connectivity index (χ1v) is 9.83. The molecule has 3 rings (SSSR count). The lowest BCUT2D eigenvalue weighted by molar-refractivity contribution is -0.274. The molecule has 0 radical (unpaired) electrons. The van der Waals surface area contributed by atoms with E-state index in [0.29, 0.717) is 0 Å². The Morgan fingerprint density at radius 1 is 1.25 bits per heavy atom. The van der Waals surface area contributed by atoms with E-state index in [4.69, 9.17) is 5.73 Å². The molecule has 11 heteroatoms. The van der Waals surface area contributed by atoms with Crippen LogP contribution in [0.3, 0.4) is 0 Å². The molecular formula is C17H18F3N3O4S. The molecule has 0 saturated heterocycles. The van der Waals surface area contributed by atoms with Crippen LogP contribution in [-0.4, -0.2) is 44.7 Å². The van der Waals surface area contributed by atoms with Crippen LogP contribution in [-0.2, 0) is 14.6 Å². The standard InChI is InChI=1S/C17H18F3N3O4S/c18-17(19,20)27-13-3-5-14(6-4-13)28(25,26)15-7-11(21)8-23(9-15)10-16(24)22-12-1-2-12/h3-7,9,12H,1-2,8,10,21H2,(H,22,24). The van der Waals surface area contributed by atoms with Gasteiger partial charge in [0.25, 0.3) is 0 Å². The second-order valence-electron chi connectivity index (χ2n) is 6.52. The van der Waals surface area contributed by atoms with Crippen molar-refractivity contribution in [3.63, 3.8) is 0 Å². The summed E-state index contributed by atoms with van der Waals surface area (Å²) < 4.78 is 66.0. The predicted octanol–water partition coefficient (Wildman–Crippen LogP) is 1.64. The zero-order valence-corrected chi connectivity index (χ0v) is 15.4. The highest BCUT2D eigenvalue weighted by molar-refractivity contribution is 7.95. The molecule has 0 bridgehead atoms. The van der Waals surface area contributed by atoms with Crippen LogP contribution in [0.2, 0.25) is 0 Å². The average molecular weight is 417 g/mol. The van der Waals surface area contributed by atoms with Gasteiger partial charge in [-0.1, -0.05) is 0 Å². The lowest BCUT2D eigenvalue weighted by Gasteiger charge is -2.25. The maximum atomic E-state index is 12.8. The molecule has 1 aromatic carbocycles. The quantitative estimate of drug-likeness (QED) is 0.730. The number of hydrogen-bond donors (Lipinski definition) is 2. The van der Waals surface area contributed by atoms with Gasteiger partial charge in [-0.05, 0) is 43.2 Å². The summed E-state index contributed by atoms with van der Waals surface area (Å²) in [7, 11) is -4.04. The van der Waals surface area contributed by atoms with E-state index in [0.717, 1.165) is 37.1 Å². The van der Waals surface area contributed by atoms with Crippen molar-refractivity contribution >= 4 is 15.7 Å². The van der Waals surface area contributed by atoms with Gasteiger partial charge in [-0.2, -0.15) is 0 Å². The second kappa shape index (κ2) is 7.38. The fraction of sp³-hybridized carbons (Fsp3) is 0.353. The molecule has 7 nitrogen and oxygen atoms in total. The summed E-state index contributed by atoms with van der Waals surface area (Å²) in [5, 5.41) is 2.80. The molecule has 28 heavy (non-hydrogen) atoms. The molecule has 1 heterocycles. The van der Waals surface area contributed by atoms with Gasteiger partial charge in [-0.15, -0.1) is 13.2 Å². The van der Waals surface area contributed by atoms with Crippen LogP contribution in [0.4, 0.5) is 13.2 Å². The van der Waals surface area contributed by atoms with Gasteiger partial charge in [0.1, 0.15) is 5.75 Å². The topological polar surface area (TPSA) is 102 Å². The molecule has 0 atom stereocenters. The maximum Gasteiger partial charge on any atom is 0.573 e. The first-order chi connectivity index (χ1) is 13.0. The Kier molecular flexibility index (Phi) is 5.28. The summed E-state index contributed by atoms with van der Waals surface area (Å²) in [6.07, 6.45) is -0.442. The summed E-state index contributed by atoms with van der Waals surface area (Å²) in [6, 6.07) is 4.03. The number of alkyl halides is 3. The molecule has 0 unspecified atom stereocenters. The average Bonchev–Trinajstić information content (AvgIpc) is 3.37. The van der Waals surface area contributed by atoms with Crippen LogP contribution in [0, 0.1) is 0 Å². The molecule has 1 fully saturated rings. The van der Waals surface area contributed by atoms with E-state index in [1.54, 1.807) is 0 Å². The molecule has 1 saturated carbocycles. The molecule has 1 aliphatic heterocycles. The van der Waals surface area contributed by atoms with Crippen LogP contribution in [0.1, 0.15) is 12.8 Å². The van der Waals surface area contributed by atoms with E-state index < -0.39 is 21.9 Å². The number of rotatable bonds is 6. The molecule has 2 aliphatic rings. The first kappa shape index (κ1) is 20.1. The number of carbonyl (C=O) groups excluding carboxylic acids is 1. The SMILES string of the molecule is NC1=CC(S(=O)(=O)c2ccc(OC(F)(F)F)cc2)=CN(CC(=O)NC2CC2)C1. The normalized spacial score (nSPS) is 17.6. The summed E-state index contributed by atoms with van der Waals surface area (Å²) in [4.78, 5) is 13.0. The fourth-order valence-electron chi connectivity index (χ4n) is 2.62. The fourth-order valence-corrected chi connectivity index (χ4v) is 3.98. The van der Waals surface area contributed by atoms with Gasteiger partial charge < -0.3 is 20.7 Å². The number of nitrogens with one attached hydrogen (secondary N) is 1. The number of nitrogens with zero attached hydrogens (tertiary/aromatic N) is 1. The zero-order chi connectivity index (χ0) is 20.5. The number of benzene rings is 1. The van der Waals surface area contributed by atoms with Gasteiger partial charge in [0.15, 0.2) is 0 Å². The van der Waals surface area contributed by atoms with E-state index in [2.05, 4.69) is 10.1 Å². The molecule has 1 aliphatic carbocycles. The van der Waals surface area contributed by atoms with Gasteiger partial charge in [0.05, 0.1) is 22.9 Å². The number of ether oxygens (including phenoxy) is 1. The van der Waals surface area contributed by atoms with E-state index in [-0.39, 0.29) is 40.5 Å². The lowest BCUT2D eigenvalue weighted by Crippen LogP contribution is -2.38. The van der Waals surface area contributed by atoms with Crippen molar-refractivity contribution < 1.29 is 31.1 Å². The third-order valence-electron chi connectivity index (χ3n) is 3.99. The zero-order valence-electron chi connectivity index (χ0n) is 14.6. The summed E-state index contributed by atoms with van der Waals surface area (Å²) in [6.45, 7) is 0.137. The molecule has 1 amide bonds. The van der Waals surface area contributed by atoms with Crippen molar-refractivity contribution in [2.45, 2.75) is 30.1 Å². The molecular weight excluding hydrogens is 399 g/mol. The molecule has 0 aromatic heterocycles. The molecule has 1 aromatic rings. The van der Waals surface area contributed by atoms with Crippen molar-refractivity contribution in [1.82, 2.24) is 10.2 Å². The monoisotopic (exact) mass is 417 g/mol. The summed E-state index contributed by atoms with van der Waals surface area (Å²) >= 11 is 0. The van der Waals surface area contributed by atoms with Gasteiger partial charge in [0, 0.05) is 17.9 Å². The minimum absolute atomic E-state index is 0.0532. The largest absolute Gasteiger partial charge is 0.573 e. The van der Waals surface area contributed by atoms with E-state index >= 15 is 0 Å². The maximum absolute atomic E-state index is 12.8. The van der Waals surface area contributed by atoms with Gasteiger partial charge in [0.2, 0.25) is 15.7 Å². The highest BCUT2D eigenvalue weighted by atomic mass is 32.2. The van der Waals surface area contributed by atoms with Crippen LogP contribution in [0.5, 0.6) is 5.75 Å². The van der Waals surface area contributed by atoms with Crippen molar-refractivity contribution in [3.05, 3.63) is 47.1 Å². The van der Waals surface area contributed by atoms with Crippen LogP contribution in [0.25, 0.3) is 0 Å². The minimum atomic E-state index is -4.87. The van der Waals surface area contributed by atoms with Crippen molar-refractivity contribution in [1.29, 1.82) is 0 Å². The number of carbonyl (C=O) groups is 1. The predicted molar refractivity (Wildman–Crippen MR) is 93.4 cm³/mol. The third kappa shape index (κ3) is 5.18. The highest BCUT2D eigenvalue weighted by Gasteiger charge is 2.31. The number of allylic oxidation sites excluding steroid dienone is 1.